The van der Waals surface area contributed by atoms with Gasteiger partial charge in [0.15, 0.2) is 12.4 Å². The molecule has 4 rings (SSSR count). The minimum Gasteiger partial charge on any atom is -0.484 e. The molecule has 3 aromatic rings. The van der Waals surface area contributed by atoms with Gasteiger partial charge in [-0.05, 0) is 37.3 Å². The quantitative estimate of drug-likeness (QED) is 0.625. The van der Waals surface area contributed by atoms with Crippen LogP contribution in [0.15, 0.2) is 60.7 Å². The second-order valence-corrected chi connectivity index (χ2v) is 7.69. The number of ether oxygens (including phenoxy) is 1. The van der Waals surface area contributed by atoms with Gasteiger partial charge >= 0.3 is 0 Å². The highest BCUT2D eigenvalue weighted by Crippen LogP contribution is 2.20. The Balaban J connectivity index is 1.29. The number of carbonyl (C=O) groups is 1. The molecule has 1 aliphatic rings. The Morgan fingerprint density at radius 2 is 1.77 bits per heavy atom. The number of hydrogen-bond donors (Lipinski definition) is 0. The van der Waals surface area contributed by atoms with Crippen molar-refractivity contribution >= 4 is 23.3 Å². The maximum atomic E-state index is 12.4. The van der Waals surface area contributed by atoms with Crippen molar-refractivity contribution in [3.05, 3.63) is 71.2 Å². The van der Waals surface area contributed by atoms with Gasteiger partial charge in [0, 0.05) is 36.8 Å². The number of halogens is 1. The predicted molar refractivity (Wildman–Crippen MR) is 118 cm³/mol. The van der Waals surface area contributed by atoms with Crippen molar-refractivity contribution < 1.29 is 9.53 Å². The Hall–Kier alpha value is -3.12. The van der Waals surface area contributed by atoms with Gasteiger partial charge in [0.1, 0.15) is 5.75 Å². The SMILES string of the molecule is Cc1ccc(-c2ccc(N3CCN(C(=O)COc4cccc(Cl)c4)CC3)nn2)cc1. The fourth-order valence-corrected chi connectivity index (χ4v) is 3.53. The first-order chi connectivity index (χ1) is 14.6. The van der Waals surface area contributed by atoms with E-state index in [1.165, 1.54) is 5.56 Å². The first-order valence-corrected chi connectivity index (χ1v) is 10.3. The van der Waals surface area contributed by atoms with Crippen LogP contribution in [0.4, 0.5) is 5.82 Å². The first kappa shape index (κ1) is 20.2. The highest BCUT2D eigenvalue weighted by molar-refractivity contribution is 6.30. The molecule has 0 saturated carbocycles. The summed E-state index contributed by atoms with van der Waals surface area (Å²) in [5.74, 6) is 1.39. The lowest BCUT2D eigenvalue weighted by Gasteiger charge is -2.35. The molecule has 0 aliphatic carbocycles. The predicted octanol–water partition coefficient (Wildman–Crippen LogP) is 3.83. The van der Waals surface area contributed by atoms with Gasteiger partial charge in [-0.25, -0.2) is 0 Å². The Bertz CT molecular complexity index is 1000. The Kier molecular flexibility index (Phi) is 6.14. The van der Waals surface area contributed by atoms with Crippen LogP contribution in [-0.2, 0) is 4.79 Å². The zero-order chi connectivity index (χ0) is 20.9. The van der Waals surface area contributed by atoms with Gasteiger partial charge in [-0.2, -0.15) is 0 Å². The van der Waals surface area contributed by atoms with Crippen LogP contribution in [0, 0.1) is 6.92 Å². The largest absolute Gasteiger partial charge is 0.484 e. The van der Waals surface area contributed by atoms with E-state index >= 15 is 0 Å². The van der Waals surface area contributed by atoms with Gasteiger partial charge in [0.2, 0.25) is 0 Å². The van der Waals surface area contributed by atoms with Crippen molar-refractivity contribution in [2.45, 2.75) is 6.92 Å². The van der Waals surface area contributed by atoms with Crippen molar-refractivity contribution in [1.29, 1.82) is 0 Å². The topological polar surface area (TPSA) is 58.6 Å². The van der Waals surface area contributed by atoms with Crippen LogP contribution >= 0.6 is 11.6 Å². The van der Waals surface area contributed by atoms with Crippen molar-refractivity contribution in [3.63, 3.8) is 0 Å². The molecule has 30 heavy (non-hydrogen) atoms. The maximum absolute atomic E-state index is 12.4. The molecule has 0 unspecified atom stereocenters. The standard InChI is InChI=1S/C23H23ClN4O2/c1-17-5-7-18(8-6-17)21-9-10-22(26-25-21)27-11-13-28(14-12-27)23(29)16-30-20-4-2-3-19(24)15-20/h2-10,15H,11-14,16H2,1H3. The molecule has 1 aliphatic heterocycles. The van der Waals surface area contributed by atoms with Crippen LogP contribution in [-0.4, -0.2) is 53.8 Å². The van der Waals surface area contributed by atoms with Gasteiger partial charge in [-0.15, -0.1) is 10.2 Å². The van der Waals surface area contributed by atoms with E-state index in [9.17, 15) is 4.79 Å². The minimum atomic E-state index is -0.0320. The number of rotatable bonds is 5. The molecule has 0 spiro atoms. The molecule has 1 saturated heterocycles. The Morgan fingerprint density at radius 1 is 1.00 bits per heavy atom. The van der Waals surface area contributed by atoms with Crippen LogP contribution in [0.3, 0.4) is 0 Å². The van der Waals surface area contributed by atoms with Gasteiger partial charge < -0.3 is 14.5 Å². The molecule has 1 amide bonds. The number of benzene rings is 2. The first-order valence-electron chi connectivity index (χ1n) is 9.90. The van der Waals surface area contributed by atoms with E-state index in [0.717, 1.165) is 17.1 Å². The van der Waals surface area contributed by atoms with Gasteiger partial charge in [0.05, 0.1) is 5.69 Å². The molecule has 7 heteroatoms. The molecular formula is C23H23ClN4O2. The summed E-state index contributed by atoms with van der Waals surface area (Å²) in [6.07, 6.45) is 0. The number of amides is 1. The molecule has 0 N–H and O–H groups in total. The molecule has 2 aromatic carbocycles. The number of hydrogen-bond acceptors (Lipinski definition) is 5. The minimum absolute atomic E-state index is 0.00535. The Morgan fingerprint density at radius 3 is 2.43 bits per heavy atom. The van der Waals surface area contributed by atoms with Crippen molar-refractivity contribution in [2.75, 3.05) is 37.7 Å². The summed E-state index contributed by atoms with van der Waals surface area (Å²) in [7, 11) is 0. The van der Waals surface area contributed by atoms with E-state index in [0.29, 0.717) is 37.0 Å². The third-order valence-electron chi connectivity index (χ3n) is 5.11. The number of carbonyl (C=O) groups excluding carboxylic acids is 1. The van der Waals surface area contributed by atoms with Gasteiger partial charge in [0.25, 0.3) is 5.91 Å². The van der Waals surface area contributed by atoms with Gasteiger partial charge in [-0.3, -0.25) is 4.79 Å². The zero-order valence-corrected chi connectivity index (χ0v) is 17.5. The molecule has 0 atom stereocenters. The molecule has 1 aromatic heterocycles. The van der Waals surface area contributed by atoms with E-state index in [-0.39, 0.29) is 12.5 Å². The summed E-state index contributed by atoms with van der Waals surface area (Å²) in [6.45, 7) is 4.74. The fraction of sp³-hybridized carbons (Fsp3) is 0.261. The van der Waals surface area contributed by atoms with E-state index in [1.54, 1.807) is 24.3 Å². The normalized spacial score (nSPS) is 13.9. The van der Waals surface area contributed by atoms with Crippen LogP contribution in [0.5, 0.6) is 5.75 Å². The highest BCUT2D eigenvalue weighted by Gasteiger charge is 2.22. The lowest BCUT2D eigenvalue weighted by molar-refractivity contribution is -0.133. The van der Waals surface area contributed by atoms with Crippen LogP contribution < -0.4 is 9.64 Å². The van der Waals surface area contributed by atoms with E-state index in [1.807, 2.05) is 17.0 Å². The molecule has 6 nitrogen and oxygen atoms in total. The number of aryl methyl sites for hydroxylation is 1. The zero-order valence-electron chi connectivity index (χ0n) is 16.8. The molecular weight excluding hydrogens is 400 g/mol. The molecule has 1 fully saturated rings. The summed E-state index contributed by atoms with van der Waals surface area (Å²) < 4.78 is 5.56. The smallest absolute Gasteiger partial charge is 0.260 e. The van der Waals surface area contributed by atoms with E-state index < -0.39 is 0 Å². The average Bonchev–Trinajstić information content (AvgIpc) is 2.78. The van der Waals surface area contributed by atoms with Crippen LogP contribution in [0.1, 0.15) is 5.56 Å². The number of anilines is 1. The van der Waals surface area contributed by atoms with Crippen LogP contribution in [0.2, 0.25) is 5.02 Å². The van der Waals surface area contributed by atoms with E-state index in [2.05, 4.69) is 46.3 Å². The lowest BCUT2D eigenvalue weighted by Crippen LogP contribution is -2.50. The number of piperazine rings is 1. The summed E-state index contributed by atoms with van der Waals surface area (Å²) >= 11 is 5.94. The molecule has 0 bridgehead atoms. The molecule has 0 radical (unpaired) electrons. The monoisotopic (exact) mass is 422 g/mol. The maximum Gasteiger partial charge on any atom is 0.260 e. The number of nitrogens with zero attached hydrogens (tertiary/aromatic N) is 4. The highest BCUT2D eigenvalue weighted by atomic mass is 35.5. The summed E-state index contributed by atoms with van der Waals surface area (Å²) in [5, 5.41) is 9.35. The summed E-state index contributed by atoms with van der Waals surface area (Å²) in [4.78, 5) is 16.4. The van der Waals surface area contributed by atoms with Crippen molar-refractivity contribution in [3.8, 4) is 17.0 Å². The second kappa shape index (κ2) is 9.13. The van der Waals surface area contributed by atoms with Crippen LogP contribution in [0.25, 0.3) is 11.3 Å². The van der Waals surface area contributed by atoms with E-state index in [4.69, 9.17) is 16.3 Å². The van der Waals surface area contributed by atoms with Crippen molar-refractivity contribution in [1.82, 2.24) is 15.1 Å². The third kappa shape index (κ3) is 4.89. The third-order valence-corrected chi connectivity index (χ3v) is 5.35. The lowest BCUT2D eigenvalue weighted by atomic mass is 10.1. The Labute approximate surface area is 181 Å². The summed E-state index contributed by atoms with van der Waals surface area (Å²) in [5.41, 5.74) is 3.12. The van der Waals surface area contributed by atoms with Crippen molar-refractivity contribution in [2.24, 2.45) is 0 Å². The average molecular weight is 423 g/mol. The summed E-state index contributed by atoms with van der Waals surface area (Å²) in [6, 6.07) is 19.3. The second-order valence-electron chi connectivity index (χ2n) is 7.26. The molecule has 2 heterocycles. The van der Waals surface area contributed by atoms with Gasteiger partial charge in [-0.1, -0.05) is 47.5 Å². The molecule has 154 valence electrons. The number of aromatic nitrogens is 2. The fourth-order valence-electron chi connectivity index (χ4n) is 3.35.